The Morgan fingerprint density at radius 2 is 2.14 bits per heavy atom. The van der Waals surface area contributed by atoms with Crippen molar-refractivity contribution >= 4 is 17.7 Å². The minimum Gasteiger partial charge on any atom is -0.453 e. The first-order valence-electron chi connectivity index (χ1n) is 7.13. The Hall–Kier alpha value is -2.17. The molecule has 1 N–H and O–H groups in total. The molecule has 1 amide bonds. The van der Waals surface area contributed by atoms with E-state index in [1.165, 1.54) is 0 Å². The van der Waals surface area contributed by atoms with Gasteiger partial charge in [-0.1, -0.05) is 17.7 Å². The van der Waals surface area contributed by atoms with E-state index >= 15 is 0 Å². The number of carbonyl (C=O) groups excluding carboxylic acids is 3. The summed E-state index contributed by atoms with van der Waals surface area (Å²) in [4.78, 5) is 35.1. The van der Waals surface area contributed by atoms with Crippen LogP contribution in [0, 0.1) is 6.92 Å². The fraction of sp³-hybridized carbons (Fsp3) is 0.438. The quantitative estimate of drug-likeness (QED) is 0.858. The summed E-state index contributed by atoms with van der Waals surface area (Å²) in [6.07, 6.45) is 2.16. The molecule has 1 saturated carbocycles. The van der Waals surface area contributed by atoms with E-state index in [9.17, 15) is 14.4 Å². The van der Waals surface area contributed by atoms with Crippen molar-refractivity contribution in [1.82, 2.24) is 5.32 Å². The average Bonchev–Trinajstić information content (AvgIpc) is 2.47. The highest BCUT2D eigenvalue weighted by Crippen LogP contribution is 2.17. The van der Waals surface area contributed by atoms with Crippen molar-refractivity contribution in [3.63, 3.8) is 0 Å². The third-order valence-electron chi connectivity index (χ3n) is 3.45. The fourth-order valence-corrected chi connectivity index (χ4v) is 2.32. The molecule has 1 aromatic rings. The van der Waals surface area contributed by atoms with Crippen LogP contribution in [0.5, 0.6) is 0 Å². The van der Waals surface area contributed by atoms with Crippen molar-refractivity contribution in [1.29, 1.82) is 0 Å². The summed E-state index contributed by atoms with van der Waals surface area (Å²) in [5.41, 5.74) is 1.47. The van der Waals surface area contributed by atoms with E-state index in [-0.39, 0.29) is 18.2 Å². The summed E-state index contributed by atoms with van der Waals surface area (Å²) in [6, 6.07) is 7.09. The molecular formula is C16H19NO4. The predicted octanol–water partition coefficient (Wildman–Crippen LogP) is 1.78. The lowest BCUT2D eigenvalue weighted by Gasteiger charge is -2.20. The molecule has 1 aliphatic carbocycles. The second kappa shape index (κ2) is 7.02. The molecule has 1 atom stereocenters. The fourth-order valence-electron chi connectivity index (χ4n) is 2.32. The average molecular weight is 289 g/mol. The lowest BCUT2D eigenvalue weighted by atomic mass is 9.96. The second-order valence-electron chi connectivity index (χ2n) is 5.24. The third-order valence-corrected chi connectivity index (χ3v) is 3.45. The Morgan fingerprint density at radius 3 is 2.86 bits per heavy atom. The maximum atomic E-state index is 11.9. The van der Waals surface area contributed by atoms with Crippen LogP contribution in [0.3, 0.4) is 0 Å². The maximum Gasteiger partial charge on any atom is 0.326 e. The Bertz CT molecular complexity index is 553. The van der Waals surface area contributed by atoms with Gasteiger partial charge in [-0.2, -0.15) is 0 Å². The summed E-state index contributed by atoms with van der Waals surface area (Å²) in [5.74, 6) is -0.929. The number of esters is 1. The topological polar surface area (TPSA) is 72.5 Å². The van der Waals surface area contributed by atoms with Crippen molar-refractivity contribution in [3.05, 3.63) is 35.4 Å². The first kappa shape index (κ1) is 15.2. The SMILES string of the molecule is Cc1cccc(C(=O)NCC(=O)O[C@@H]2CCCCC2=O)c1. The summed E-state index contributed by atoms with van der Waals surface area (Å²) < 4.78 is 5.11. The highest BCUT2D eigenvalue weighted by atomic mass is 16.5. The first-order valence-corrected chi connectivity index (χ1v) is 7.13. The largest absolute Gasteiger partial charge is 0.453 e. The highest BCUT2D eigenvalue weighted by molar-refractivity contribution is 5.96. The monoisotopic (exact) mass is 289 g/mol. The van der Waals surface area contributed by atoms with Gasteiger partial charge in [0.1, 0.15) is 6.54 Å². The van der Waals surface area contributed by atoms with E-state index in [1.54, 1.807) is 18.2 Å². The minimum absolute atomic E-state index is 0.0281. The normalized spacial score (nSPS) is 18.1. The van der Waals surface area contributed by atoms with E-state index < -0.39 is 12.1 Å². The van der Waals surface area contributed by atoms with Crippen molar-refractivity contribution in [2.75, 3.05) is 6.54 Å². The third kappa shape index (κ3) is 4.41. The molecule has 5 nitrogen and oxygen atoms in total. The van der Waals surface area contributed by atoms with Crippen LogP contribution in [0.25, 0.3) is 0 Å². The summed E-state index contributed by atoms with van der Waals surface area (Å²) >= 11 is 0. The Labute approximate surface area is 123 Å². The van der Waals surface area contributed by atoms with Crippen molar-refractivity contribution in [2.24, 2.45) is 0 Å². The number of ketones is 1. The molecule has 1 aliphatic rings. The molecule has 0 unspecified atom stereocenters. The first-order chi connectivity index (χ1) is 10.1. The van der Waals surface area contributed by atoms with E-state index in [1.807, 2.05) is 13.0 Å². The number of nitrogens with one attached hydrogen (secondary N) is 1. The zero-order valence-corrected chi connectivity index (χ0v) is 12.1. The van der Waals surface area contributed by atoms with Gasteiger partial charge in [0.25, 0.3) is 5.91 Å². The second-order valence-corrected chi connectivity index (χ2v) is 5.24. The van der Waals surface area contributed by atoms with E-state index in [2.05, 4.69) is 5.32 Å². The molecule has 0 bridgehead atoms. The highest BCUT2D eigenvalue weighted by Gasteiger charge is 2.25. The maximum absolute atomic E-state index is 11.9. The summed E-state index contributed by atoms with van der Waals surface area (Å²) in [5, 5.41) is 2.51. The lowest BCUT2D eigenvalue weighted by molar-refractivity contribution is -0.155. The van der Waals surface area contributed by atoms with Gasteiger partial charge in [0.15, 0.2) is 11.9 Å². The van der Waals surface area contributed by atoms with Gasteiger partial charge in [0.05, 0.1) is 0 Å². The molecule has 2 rings (SSSR count). The molecule has 5 heteroatoms. The van der Waals surface area contributed by atoms with Crippen molar-refractivity contribution in [3.8, 4) is 0 Å². The van der Waals surface area contributed by atoms with Gasteiger partial charge < -0.3 is 10.1 Å². The van der Waals surface area contributed by atoms with Gasteiger partial charge in [-0.25, -0.2) is 0 Å². The van der Waals surface area contributed by atoms with Gasteiger partial charge in [-0.15, -0.1) is 0 Å². The van der Waals surface area contributed by atoms with Crippen LogP contribution in [0.4, 0.5) is 0 Å². The minimum atomic E-state index is -0.637. The molecule has 0 aliphatic heterocycles. The number of aryl methyl sites for hydroxylation is 1. The molecule has 21 heavy (non-hydrogen) atoms. The number of hydrogen-bond donors (Lipinski definition) is 1. The zero-order valence-electron chi connectivity index (χ0n) is 12.1. The standard InChI is InChI=1S/C16H19NO4/c1-11-5-4-6-12(9-11)16(20)17-10-15(19)21-14-8-3-2-7-13(14)18/h4-6,9,14H,2-3,7-8,10H2,1H3,(H,17,20)/t14-/m1/s1. The molecule has 0 saturated heterocycles. The molecule has 0 heterocycles. The molecule has 1 fully saturated rings. The van der Waals surface area contributed by atoms with Crippen LogP contribution in [-0.2, 0) is 14.3 Å². The van der Waals surface area contributed by atoms with Crippen LogP contribution in [0.15, 0.2) is 24.3 Å². The number of Topliss-reactive ketones (excluding diaryl/α,β-unsaturated/α-hetero) is 1. The Balaban J connectivity index is 1.81. The van der Waals surface area contributed by atoms with Gasteiger partial charge in [-0.3, -0.25) is 14.4 Å². The van der Waals surface area contributed by atoms with E-state index in [0.717, 1.165) is 18.4 Å². The van der Waals surface area contributed by atoms with Crippen LogP contribution in [-0.4, -0.2) is 30.3 Å². The van der Waals surface area contributed by atoms with Crippen LogP contribution in [0.1, 0.15) is 41.6 Å². The van der Waals surface area contributed by atoms with Crippen molar-refractivity contribution < 1.29 is 19.1 Å². The van der Waals surface area contributed by atoms with E-state index in [4.69, 9.17) is 4.74 Å². The number of amides is 1. The van der Waals surface area contributed by atoms with Gasteiger partial charge in [0.2, 0.25) is 0 Å². The molecule has 0 spiro atoms. The van der Waals surface area contributed by atoms with Crippen LogP contribution in [0.2, 0.25) is 0 Å². The zero-order chi connectivity index (χ0) is 15.2. The van der Waals surface area contributed by atoms with Gasteiger partial charge >= 0.3 is 5.97 Å². The van der Waals surface area contributed by atoms with E-state index in [0.29, 0.717) is 18.4 Å². The number of benzene rings is 1. The Kier molecular flexibility index (Phi) is 5.09. The van der Waals surface area contributed by atoms with Crippen LogP contribution >= 0.6 is 0 Å². The number of ether oxygens (including phenoxy) is 1. The molecule has 0 aromatic heterocycles. The number of rotatable bonds is 4. The number of hydrogen-bond acceptors (Lipinski definition) is 4. The molecule has 112 valence electrons. The molecule has 0 radical (unpaired) electrons. The van der Waals surface area contributed by atoms with Crippen LogP contribution < -0.4 is 5.32 Å². The van der Waals surface area contributed by atoms with Crippen molar-refractivity contribution in [2.45, 2.75) is 38.7 Å². The molecular weight excluding hydrogens is 270 g/mol. The summed E-state index contributed by atoms with van der Waals surface area (Å²) in [6.45, 7) is 1.66. The predicted molar refractivity (Wildman–Crippen MR) is 76.9 cm³/mol. The smallest absolute Gasteiger partial charge is 0.326 e. The van der Waals surface area contributed by atoms with Gasteiger partial charge in [0, 0.05) is 12.0 Å². The number of carbonyl (C=O) groups is 3. The van der Waals surface area contributed by atoms with Gasteiger partial charge in [-0.05, 0) is 38.3 Å². The summed E-state index contributed by atoms with van der Waals surface area (Å²) in [7, 11) is 0. The Morgan fingerprint density at radius 1 is 1.33 bits per heavy atom. The molecule has 1 aromatic carbocycles. The lowest BCUT2D eigenvalue weighted by Crippen LogP contribution is -2.36.